The van der Waals surface area contributed by atoms with Crippen molar-refractivity contribution in [3.05, 3.63) is 72.9 Å². The third-order valence-corrected chi connectivity index (χ3v) is 10.6. The van der Waals surface area contributed by atoms with E-state index in [4.69, 9.17) is 24.3 Å². The van der Waals surface area contributed by atoms with Crippen LogP contribution in [0.15, 0.2) is 72.9 Å². The molecule has 0 bridgehead atoms. The van der Waals surface area contributed by atoms with E-state index in [1.165, 1.54) is 109 Å². The minimum Gasteiger partial charge on any atom is -0.462 e. The first-order valence-corrected chi connectivity index (χ1v) is 24.9. The molecule has 0 aliphatic carbocycles. The number of allylic oxidation sites excluding steroid dienone is 12. The lowest BCUT2D eigenvalue weighted by Crippen LogP contribution is -2.29. The van der Waals surface area contributed by atoms with E-state index in [2.05, 4.69) is 74.6 Å². The number of phosphoric acid groups is 1. The van der Waals surface area contributed by atoms with Crippen LogP contribution in [0.5, 0.6) is 0 Å². The highest BCUT2D eigenvalue weighted by Crippen LogP contribution is 2.43. The second kappa shape index (κ2) is 45.0. The van der Waals surface area contributed by atoms with Gasteiger partial charge in [0.25, 0.3) is 0 Å². The van der Waals surface area contributed by atoms with Crippen LogP contribution < -0.4 is 5.73 Å². The standard InChI is InChI=1S/C49H86NO8P/c1-3-5-7-9-11-13-15-17-19-21-23-25-27-29-31-33-35-37-39-41-48(51)55-45-47(46-57-59(53,54)56-44-43-50)58-49(52)42-40-38-36-34-32-30-28-26-24-22-20-18-16-14-12-10-8-6-4-2/h12,14,17-20,24,26,30,32,36,38,47H,3-11,13,15-16,21-23,25,27-29,31,33-35,37,39-46,50H2,1-2H3,(H,53,54)/t47-/m1/s1. The van der Waals surface area contributed by atoms with Crippen LogP contribution in [0.4, 0.5) is 0 Å². The van der Waals surface area contributed by atoms with Gasteiger partial charge in [0.05, 0.1) is 13.2 Å². The Labute approximate surface area is 361 Å². The highest BCUT2D eigenvalue weighted by Gasteiger charge is 2.25. The number of hydrogen-bond acceptors (Lipinski definition) is 8. The van der Waals surface area contributed by atoms with Crippen LogP contribution in [0.25, 0.3) is 0 Å². The van der Waals surface area contributed by atoms with Crippen molar-refractivity contribution in [2.75, 3.05) is 26.4 Å². The number of rotatable bonds is 43. The van der Waals surface area contributed by atoms with Crippen molar-refractivity contribution >= 4 is 19.8 Å². The van der Waals surface area contributed by atoms with E-state index in [0.29, 0.717) is 6.42 Å². The van der Waals surface area contributed by atoms with Crippen LogP contribution >= 0.6 is 7.82 Å². The van der Waals surface area contributed by atoms with Gasteiger partial charge in [-0.15, -0.1) is 0 Å². The summed E-state index contributed by atoms with van der Waals surface area (Å²) in [7, 11) is -4.40. The monoisotopic (exact) mass is 848 g/mol. The van der Waals surface area contributed by atoms with Crippen molar-refractivity contribution in [1.82, 2.24) is 0 Å². The molecular weight excluding hydrogens is 762 g/mol. The molecule has 59 heavy (non-hydrogen) atoms. The Kier molecular flexibility index (Phi) is 43.0. The van der Waals surface area contributed by atoms with E-state index in [1.807, 2.05) is 12.2 Å². The zero-order chi connectivity index (χ0) is 43.2. The van der Waals surface area contributed by atoms with E-state index in [1.54, 1.807) is 0 Å². The zero-order valence-corrected chi connectivity index (χ0v) is 38.4. The van der Waals surface area contributed by atoms with Crippen LogP contribution in [0, 0.1) is 0 Å². The van der Waals surface area contributed by atoms with E-state index >= 15 is 0 Å². The summed E-state index contributed by atoms with van der Waals surface area (Å²) in [6.45, 7) is 3.61. The Morgan fingerprint density at radius 3 is 1.42 bits per heavy atom. The SMILES string of the molecule is CCCCCC=CCC=CCC=CCC=CCC=CCCC(=O)O[C@H](COC(=O)CCCCCCCCCCCC=CCCCCCCCC)COP(=O)(O)OCCN. The lowest BCUT2D eigenvalue weighted by Gasteiger charge is -2.19. The van der Waals surface area contributed by atoms with Gasteiger partial charge in [0.2, 0.25) is 0 Å². The maximum absolute atomic E-state index is 12.6. The smallest absolute Gasteiger partial charge is 0.462 e. The number of esters is 2. The van der Waals surface area contributed by atoms with Gasteiger partial charge in [0.15, 0.2) is 6.10 Å². The van der Waals surface area contributed by atoms with Gasteiger partial charge in [-0.25, -0.2) is 4.57 Å². The molecule has 0 radical (unpaired) electrons. The van der Waals surface area contributed by atoms with E-state index < -0.39 is 32.5 Å². The molecule has 0 fully saturated rings. The molecule has 9 nitrogen and oxygen atoms in total. The first kappa shape index (κ1) is 56.5. The first-order chi connectivity index (χ1) is 28.8. The minimum absolute atomic E-state index is 0.0390. The fraction of sp³-hybridized carbons (Fsp3) is 0.714. The van der Waals surface area contributed by atoms with Crippen molar-refractivity contribution in [3.63, 3.8) is 0 Å². The molecule has 0 rings (SSSR count). The van der Waals surface area contributed by atoms with Crippen molar-refractivity contribution in [2.24, 2.45) is 5.73 Å². The van der Waals surface area contributed by atoms with Crippen LogP contribution in [0.3, 0.4) is 0 Å². The minimum atomic E-state index is -4.40. The molecule has 1 unspecified atom stereocenters. The molecule has 0 aromatic carbocycles. The molecule has 0 amide bonds. The molecule has 340 valence electrons. The highest BCUT2D eigenvalue weighted by molar-refractivity contribution is 7.47. The molecular formula is C49H86NO8P. The summed E-state index contributed by atoms with van der Waals surface area (Å²) in [5, 5.41) is 0. The Balaban J connectivity index is 4.23. The number of hydrogen-bond donors (Lipinski definition) is 2. The first-order valence-electron chi connectivity index (χ1n) is 23.4. The van der Waals surface area contributed by atoms with Gasteiger partial charge in [-0.3, -0.25) is 18.6 Å². The average Bonchev–Trinajstić information content (AvgIpc) is 3.22. The number of nitrogens with two attached hydrogens (primary N) is 1. The molecule has 0 saturated heterocycles. The quantitative estimate of drug-likeness (QED) is 0.0266. The summed E-state index contributed by atoms with van der Waals surface area (Å²) in [6, 6.07) is 0. The largest absolute Gasteiger partial charge is 0.472 e. The maximum atomic E-state index is 12.6. The average molecular weight is 848 g/mol. The molecule has 10 heteroatoms. The molecule has 0 saturated carbocycles. The van der Waals surface area contributed by atoms with Gasteiger partial charge in [0, 0.05) is 19.4 Å². The van der Waals surface area contributed by atoms with Gasteiger partial charge >= 0.3 is 19.8 Å². The number of ether oxygens (including phenoxy) is 2. The van der Waals surface area contributed by atoms with Gasteiger partial charge < -0.3 is 20.1 Å². The molecule has 0 heterocycles. The molecule has 0 spiro atoms. The third kappa shape index (κ3) is 44.8. The Morgan fingerprint density at radius 2 is 0.915 bits per heavy atom. The van der Waals surface area contributed by atoms with Crippen molar-refractivity contribution in [3.8, 4) is 0 Å². The van der Waals surface area contributed by atoms with Gasteiger partial charge in [-0.1, -0.05) is 177 Å². The summed E-state index contributed by atoms with van der Waals surface area (Å²) in [5.41, 5.74) is 5.35. The van der Waals surface area contributed by atoms with E-state index in [9.17, 15) is 19.0 Å². The zero-order valence-electron chi connectivity index (χ0n) is 37.5. The van der Waals surface area contributed by atoms with Gasteiger partial charge in [-0.2, -0.15) is 0 Å². The fourth-order valence-electron chi connectivity index (χ4n) is 6.08. The molecule has 2 atom stereocenters. The van der Waals surface area contributed by atoms with Crippen molar-refractivity contribution in [2.45, 2.75) is 200 Å². The van der Waals surface area contributed by atoms with Crippen LogP contribution in [0.1, 0.15) is 194 Å². The number of phosphoric ester groups is 1. The second-order valence-electron chi connectivity index (χ2n) is 15.3. The fourth-order valence-corrected chi connectivity index (χ4v) is 6.85. The summed E-state index contributed by atoms with van der Waals surface area (Å²) in [6.07, 6.45) is 55.2. The predicted octanol–water partition coefficient (Wildman–Crippen LogP) is 13.8. The Bertz CT molecular complexity index is 1190. The topological polar surface area (TPSA) is 134 Å². The van der Waals surface area contributed by atoms with Crippen molar-refractivity contribution < 1.29 is 37.6 Å². The van der Waals surface area contributed by atoms with Crippen molar-refractivity contribution in [1.29, 1.82) is 0 Å². The number of carbonyl (C=O) groups is 2. The normalized spacial score (nSPS) is 13.9. The summed E-state index contributed by atoms with van der Waals surface area (Å²) < 4.78 is 32.7. The van der Waals surface area contributed by atoms with E-state index in [-0.39, 0.29) is 32.6 Å². The summed E-state index contributed by atoms with van der Waals surface area (Å²) in [5.74, 6) is -0.929. The predicted molar refractivity (Wildman–Crippen MR) is 247 cm³/mol. The lowest BCUT2D eigenvalue weighted by molar-refractivity contribution is -0.161. The summed E-state index contributed by atoms with van der Waals surface area (Å²) in [4.78, 5) is 34.9. The van der Waals surface area contributed by atoms with Gasteiger partial charge in [0.1, 0.15) is 6.61 Å². The maximum Gasteiger partial charge on any atom is 0.472 e. The highest BCUT2D eigenvalue weighted by atomic mass is 31.2. The Morgan fingerprint density at radius 1 is 0.508 bits per heavy atom. The molecule has 3 N–H and O–H groups in total. The van der Waals surface area contributed by atoms with Crippen LogP contribution in [0.2, 0.25) is 0 Å². The molecule has 0 aliphatic rings. The van der Waals surface area contributed by atoms with Crippen LogP contribution in [-0.4, -0.2) is 49.3 Å². The molecule has 0 aliphatic heterocycles. The molecule has 0 aromatic heterocycles. The number of unbranched alkanes of at least 4 members (excludes halogenated alkanes) is 18. The second-order valence-corrected chi connectivity index (χ2v) is 16.7. The number of carbonyl (C=O) groups excluding carboxylic acids is 2. The summed E-state index contributed by atoms with van der Waals surface area (Å²) >= 11 is 0. The lowest BCUT2D eigenvalue weighted by atomic mass is 10.1. The van der Waals surface area contributed by atoms with Gasteiger partial charge in [-0.05, 0) is 77.0 Å². The molecule has 0 aromatic rings. The third-order valence-electron chi connectivity index (χ3n) is 9.58. The van der Waals surface area contributed by atoms with E-state index in [0.717, 1.165) is 51.4 Å². The van der Waals surface area contributed by atoms with Crippen LogP contribution in [-0.2, 0) is 32.7 Å². The Hall–Kier alpha value is -2.55.